The number of thioether (sulfide) groups is 1. The van der Waals surface area contributed by atoms with Crippen LogP contribution >= 0.6 is 27.7 Å². The third-order valence-electron chi connectivity index (χ3n) is 2.58. The van der Waals surface area contributed by atoms with E-state index in [1.807, 2.05) is 32.9 Å². The molecule has 0 saturated heterocycles. The average molecular weight is 360 g/mol. The van der Waals surface area contributed by atoms with E-state index < -0.39 is 0 Å². The first-order valence-corrected chi connectivity index (χ1v) is 8.61. The molecule has 0 aromatic heterocycles. The van der Waals surface area contributed by atoms with E-state index in [1.54, 1.807) is 11.8 Å². The molecule has 1 N–H and O–H groups in total. The van der Waals surface area contributed by atoms with Gasteiger partial charge in [-0.15, -0.1) is 11.8 Å². The summed E-state index contributed by atoms with van der Waals surface area (Å²) in [5.41, 5.74) is 0. The standard InChI is InChI=1S/C15H22BrNO2S/c1-4-19-15(18)14(17-11(2)3)8-9-20-13-7-5-6-12(16)10-13/h5-7,10-11,14,17H,4,8-9H2,1-3H3. The predicted molar refractivity (Wildman–Crippen MR) is 88.2 cm³/mol. The van der Waals surface area contributed by atoms with Crippen molar-refractivity contribution in [1.82, 2.24) is 5.32 Å². The van der Waals surface area contributed by atoms with E-state index in [-0.39, 0.29) is 18.1 Å². The van der Waals surface area contributed by atoms with Gasteiger partial charge in [-0.1, -0.05) is 35.8 Å². The monoisotopic (exact) mass is 359 g/mol. The number of carbonyl (C=O) groups excluding carboxylic acids is 1. The highest BCUT2D eigenvalue weighted by Gasteiger charge is 2.19. The number of ether oxygens (including phenoxy) is 1. The van der Waals surface area contributed by atoms with Gasteiger partial charge in [0, 0.05) is 21.2 Å². The molecule has 3 nitrogen and oxygen atoms in total. The summed E-state index contributed by atoms with van der Waals surface area (Å²) in [5, 5.41) is 3.26. The molecule has 112 valence electrons. The maximum absolute atomic E-state index is 11.9. The molecule has 1 aromatic rings. The van der Waals surface area contributed by atoms with Gasteiger partial charge < -0.3 is 10.1 Å². The molecule has 20 heavy (non-hydrogen) atoms. The van der Waals surface area contributed by atoms with E-state index in [1.165, 1.54) is 4.90 Å². The van der Waals surface area contributed by atoms with E-state index in [0.29, 0.717) is 6.61 Å². The summed E-state index contributed by atoms with van der Waals surface area (Å²) < 4.78 is 6.18. The Balaban J connectivity index is 2.47. The lowest BCUT2D eigenvalue weighted by Crippen LogP contribution is -2.42. The second-order valence-corrected chi connectivity index (χ2v) is 6.80. The molecule has 0 aliphatic rings. The fourth-order valence-corrected chi connectivity index (χ4v) is 3.29. The molecule has 0 amide bonds. The Labute approximate surface area is 134 Å². The van der Waals surface area contributed by atoms with Crippen LogP contribution in [0.5, 0.6) is 0 Å². The van der Waals surface area contributed by atoms with Gasteiger partial charge in [-0.3, -0.25) is 4.79 Å². The van der Waals surface area contributed by atoms with Crippen LogP contribution in [0.15, 0.2) is 33.6 Å². The van der Waals surface area contributed by atoms with Crippen molar-refractivity contribution in [2.24, 2.45) is 0 Å². The zero-order valence-corrected chi connectivity index (χ0v) is 14.6. The summed E-state index contributed by atoms with van der Waals surface area (Å²) in [6, 6.07) is 8.22. The van der Waals surface area contributed by atoms with Crippen molar-refractivity contribution in [1.29, 1.82) is 0 Å². The number of rotatable bonds is 8. The van der Waals surface area contributed by atoms with E-state index in [2.05, 4.69) is 33.4 Å². The van der Waals surface area contributed by atoms with Crippen LogP contribution in [-0.2, 0) is 9.53 Å². The fourth-order valence-electron chi connectivity index (χ4n) is 1.77. The van der Waals surface area contributed by atoms with E-state index in [4.69, 9.17) is 4.74 Å². The SMILES string of the molecule is CCOC(=O)C(CCSc1cccc(Br)c1)NC(C)C. The molecule has 1 unspecified atom stereocenters. The first-order chi connectivity index (χ1) is 9.52. The van der Waals surface area contributed by atoms with Crippen LogP contribution in [0.3, 0.4) is 0 Å². The highest BCUT2D eigenvalue weighted by Crippen LogP contribution is 2.23. The zero-order chi connectivity index (χ0) is 15.0. The molecule has 0 aliphatic heterocycles. The molecule has 1 atom stereocenters. The van der Waals surface area contributed by atoms with Crippen molar-refractivity contribution in [2.45, 2.75) is 44.2 Å². The first-order valence-electron chi connectivity index (χ1n) is 6.84. The normalized spacial score (nSPS) is 12.4. The fraction of sp³-hybridized carbons (Fsp3) is 0.533. The molecule has 0 radical (unpaired) electrons. The van der Waals surface area contributed by atoms with Crippen molar-refractivity contribution >= 4 is 33.7 Å². The van der Waals surface area contributed by atoms with Gasteiger partial charge in [0.15, 0.2) is 0 Å². The van der Waals surface area contributed by atoms with Gasteiger partial charge >= 0.3 is 5.97 Å². The van der Waals surface area contributed by atoms with Gasteiger partial charge in [0.2, 0.25) is 0 Å². The Bertz CT molecular complexity index is 426. The maximum Gasteiger partial charge on any atom is 0.323 e. The summed E-state index contributed by atoms with van der Waals surface area (Å²) in [6.07, 6.45) is 0.758. The largest absolute Gasteiger partial charge is 0.465 e. The maximum atomic E-state index is 11.9. The third kappa shape index (κ3) is 6.77. The van der Waals surface area contributed by atoms with Gasteiger partial charge in [0.1, 0.15) is 6.04 Å². The highest BCUT2D eigenvalue weighted by atomic mass is 79.9. The van der Waals surface area contributed by atoms with Crippen molar-refractivity contribution in [3.8, 4) is 0 Å². The summed E-state index contributed by atoms with van der Waals surface area (Å²) in [5.74, 6) is 0.718. The molecular weight excluding hydrogens is 338 g/mol. The average Bonchev–Trinajstić information content (AvgIpc) is 2.37. The van der Waals surface area contributed by atoms with Crippen LogP contribution in [-0.4, -0.2) is 30.4 Å². The Morgan fingerprint density at radius 2 is 2.20 bits per heavy atom. The lowest BCUT2D eigenvalue weighted by atomic mass is 10.2. The number of hydrogen-bond donors (Lipinski definition) is 1. The Morgan fingerprint density at radius 3 is 2.80 bits per heavy atom. The minimum Gasteiger partial charge on any atom is -0.465 e. The number of benzene rings is 1. The highest BCUT2D eigenvalue weighted by molar-refractivity contribution is 9.10. The van der Waals surface area contributed by atoms with Crippen LogP contribution in [0.1, 0.15) is 27.2 Å². The number of carbonyl (C=O) groups is 1. The summed E-state index contributed by atoms with van der Waals surface area (Å²) in [7, 11) is 0. The predicted octanol–water partition coefficient (Wildman–Crippen LogP) is 3.86. The second kappa shape index (κ2) is 9.42. The lowest BCUT2D eigenvalue weighted by molar-refractivity contribution is -0.145. The molecule has 0 fully saturated rings. The summed E-state index contributed by atoms with van der Waals surface area (Å²) in [6.45, 7) is 6.33. The van der Waals surface area contributed by atoms with Gasteiger partial charge in [-0.05, 0) is 31.5 Å². The summed E-state index contributed by atoms with van der Waals surface area (Å²) in [4.78, 5) is 13.1. The lowest BCUT2D eigenvalue weighted by Gasteiger charge is -2.19. The number of esters is 1. The zero-order valence-electron chi connectivity index (χ0n) is 12.2. The van der Waals surface area contributed by atoms with Gasteiger partial charge in [0.25, 0.3) is 0 Å². The van der Waals surface area contributed by atoms with E-state index in [9.17, 15) is 4.79 Å². The number of nitrogens with one attached hydrogen (secondary N) is 1. The quantitative estimate of drug-likeness (QED) is 0.564. The molecule has 0 bridgehead atoms. The van der Waals surface area contributed by atoms with Crippen LogP contribution in [0, 0.1) is 0 Å². The first kappa shape index (κ1) is 17.5. The minimum atomic E-state index is -0.227. The smallest absolute Gasteiger partial charge is 0.323 e. The van der Waals surface area contributed by atoms with E-state index in [0.717, 1.165) is 16.6 Å². The van der Waals surface area contributed by atoms with Gasteiger partial charge in [-0.2, -0.15) is 0 Å². The molecule has 0 heterocycles. The minimum absolute atomic E-state index is 0.156. The molecule has 5 heteroatoms. The molecular formula is C15H22BrNO2S. The van der Waals surface area contributed by atoms with Crippen LogP contribution in [0.2, 0.25) is 0 Å². The van der Waals surface area contributed by atoms with Crippen LogP contribution in [0.4, 0.5) is 0 Å². The third-order valence-corrected chi connectivity index (χ3v) is 4.10. The number of hydrogen-bond acceptors (Lipinski definition) is 4. The summed E-state index contributed by atoms with van der Waals surface area (Å²) >= 11 is 5.21. The Hall–Kier alpha value is -0.520. The van der Waals surface area contributed by atoms with Crippen molar-refractivity contribution in [2.75, 3.05) is 12.4 Å². The Kier molecular flexibility index (Phi) is 8.26. The van der Waals surface area contributed by atoms with E-state index >= 15 is 0 Å². The molecule has 0 saturated carbocycles. The molecule has 0 aliphatic carbocycles. The topological polar surface area (TPSA) is 38.3 Å². The van der Waals surface area contributed by atoms with Crippen molar-refractivity contribution in [3.63, 3.8) is 0 Å². The molecule has 1 rings (SSSR count). The van der Waals surface area contributed by atoms with Crippen molar-refractivity contribution in [3.05, 3.63) is 28.7 Å². The number of halogens is 1. The molecule has 1 aromatic carbocycles. The van der Waals surface area contributed by atoms with Crippen molar-refractivity contribution < 1.29 is 9.53 Å². The Morgan fingerprint density at radius 1 is 1.45 bits per heavy atom. The van der Waals surface area contributed by atoms with Gasteiger partial charge in [0.05, 0.1) is 6.61 Å². The van der Waals surface area contributed by atoms with Crippen LogP contribution in [0.25, 0.3) is 0 Å². The van der Waals surface area contributed by atoms with Gasteiger partial charge in [-0.25, -0.2) is 0 Å². The van der Waals surface area contributed by atoms with Crippen LogP contribution < -0.4 is 5.32 Å². The molecule has 0 spiro atoms. The second-order valence-electron chi connectivity index (χ2n) is 4.72.